The highest BCUT2D eigenvalue weighted by Gasteiger charge is 2.53. The lowest BCUT2D eigenvalue weighted by Crippen LogP contribution is -2.40. The lowest BCUT2D eigenvalue weighted by molar-refractivity contribution is 0.563. The number of fused-ring (bicyclic) bond motifs is 9. The van der Waals surface area contributed by atoms with Crippen molar-refractivity contribution >= 4 is 17.1 Å². The SMILES string of the molecule is CC1(C)c2ccccc2C2(c3ccccc3-c3cc(N(c4cc(-c5ccccc5)cc(-c5ccccc5)c4)c4ccccc4-c4ccccc4-c4ccccc4-c4ccccc4)ccc32)c2ccccc21. The Morgan fingerprint density at radius 2 is 0.634 bits per heavy atom. The first-order chi connectivity index (χ1) is 35.0. The van der Waals surface area contributed by atoms with E-state index in [0.717, 1.165) is 33.8 Å². The van der Waals surface area contributed by atoms with Crippen LogP contribution in [0.3, 0.4) is 0 Å². The number of hydrogen-bond donors (Lipinski definition) is 0. The second-order valence-corrected chi connectivity index (χ2v) is 19.6. The maximum absolute atomic E-state index is 2.52. The molecular formula is C70H51N. The van der Waals surface area contributed by atoms with Gasteiger partial charge in [0.2, 0.25) is 0 Å². The molecule has 0 aliphatic heterocycles. The van der Waals surface area contributed by atoms with Crippen molar-refractivity contribution in [3.8, 4) is 66.8 Å². The molecule has 1 spiro atoms. The van der Waals surface area contributed by atoms with E-state index in [1.807, 2.05) is 0 Å². The highest BCUT2D eigenvalue weighted by atomic mass is 15.1. The van der Waals surface area contributed by atoms with Gasteiger partial charge in [-0.1, -0.05) is 250 Å². The molecule has 2 aliphatic carbocycles. The van der Waals surface area contributed by atoms with E-state index in [1.165, 1.54) is 83.5 Å². The van der Waals surface area contributed by atoms with Gasteiger partial charge in [0.05, 0.1) is 11.1 Å². The first-order valence-electron chi connectivity index (χ1n) is 24.8. The van der Waals surface area contributed by atoms with Gasteiger partial charge < -0.3 is 4.90 Å². The first-order valence-corrected chi connectivity index (χ1v) is 24.8. The second-order valence-electron chi connectivity index (χ2n) is 19.6. The van der Waals surface area contributed by atoms with Crippen molar-refractivity contribution in [2.75, 3.05) is 4.90 Å². The number of para-hydroxylation sites is 1. The van der Waals surface area contributed by atoms with Gasteiger partial charge in [-0.15, -0.1) is 0 Å². The van der Waals surface area contributed by atoms with E-state index in [2.05, 4.69) is 292 Å². The Hall–Kier alpha value is -8.78. The lowest BCUT2D eigenvalue weighted by atomic mass is 9.55. The number of anilines is 3. The molecule has 336 valence electrons. The Morgan fingerprint density at radius 3 is 1.20 bits per heavy atom. The summed E-state index contributed by atoms with van der Waals surface area (Å²) in [6.45, 7) is 4.78. The molecular weight excluding hydrogens is 855 g/mol. The van der Waals surface area contributed by atoms with E-state index in [9.17, 15) is 0 Å². The standard InChI is InChI=1S/C70H51N/c1-69(2)64-37-19-21-39-66(64)70(67-40-22-20-38-65(67)69)62-36-18-16-34-59(62)61-47-53(42-43-63(61)70)71(54-45-51(48-24-6-3-7-25-48)44-52(46-54)49-26-8-4-9-27-49)68-41-23-17-35-60(68)58-33-15-14-32-57(58)56-31-13-12-30-55(56)50-28-10-5-11-29-50/h3-47H,1-2H3. The van der Waals surface area contributed by atoms with E-state index in [1.54, 1.807) is 0 Å². The van der Waals surface area contributed by atoms with Gasteiger partial charge in [-0.25, -0.2) is 0 Å². The molecule has 0 aromatic heterocycles. The highest BCUT2D eigenvalue weighted by Crippen LogP contribution is 2.63. The van der Waals surface area contributed by atoms with Crippen LogP contribution >= 0.6 is 0 Å². The largest absolute Gasteiger partial charge is 0.310 e. The molecule has 71 heavy (non-hydrogen) atoms. The van der Waals surface area contributed by atoms with Crippen molar-refractivity contribution in [2.45, 2.75) is 24.7 Å². The van der Waals surface area contributed by atoms with Gasteiger partial charge in [-0.05, 0) is 131 Å². The maximum Gasteiger partial charge on any atom is 0.0719 e. The monoisotopic (exact) mass is 905 g/mol. The zero-order valence-electron chi connectivity index (χ0n) is 39.9. The number of benzene rings is 11. The summed E-state index contributed by atoms with van der Waals surface area (Å²) in [4.78, 5) is 2.52. The third-order valence-corrected chi connectivity index (χ3v) is 15.3. The molecule has 11 aromatic carbocycles. The van der Waals surface area contributed by atoms with Crippen LogP contribution in [0.5, 0.6) is 0 Å². The molecule has 0 unspecified atom stereocenters. The van der Waals surface area contributed by atoms with Crippen LogP contribution in [0.15, 0.2) is 273 Å². The molecule has 1 heteroatoms. The predicted molar refractivity (Wildman–Crippen MR) is 298 cm³/mol. The summed E-state index contributed by atoms with van der Waals surface area (Å²) in [7, 11) is 0. The van der Waals surface area contributed by atoms with Gasteiger partial charge >= 0.3 is 0 Å². The molecule has 11 aromatic rings. The summed E-state index contributed by atoms with van der Waals surface area (Å²) in [5, 5.41) is 0. The summed E-state index contributed by atoms with van der Waals surface area (Å²) >= 11 is 0. The molecule has 0 saturated carbocycles. The molecule has 0 heterocycles. The van der Waals surface area contributed by atoms with Crippen LogP contribution in [0, 0.1) is 0 Å². The van der Waals surface area contributed by atoms with Gasteiger partial charge in [0, 0.05) is 22.4 Å². The minimum absolute atomic E-state index is 0.172. The van der Waals surface area contributed by atoms with Crippen molar-refractivity contribution < 1.29 is 0 Å². The molecule has 0 saturated heterocycles. The molecule has 0 radical (unpaired) electrons. The number of hydrogen-bond acceptors (Lipinski definition) is 1. The van der Waals surface area contributed by atoms with E-state index in [-0.39, 0.29) is 5.41 Å². The Kier molecular flexibility index (Phi) is 10.1. The van der Waals surface area contributed by atoms with Gasteiger partial charge in [0.25, 0.3) is 0 Å². The average Bonchev–Trinajstić information content (AvgIpc) is 3.74. The first kappa shape index (κ1) is 42.3. The fourth-order valence-electron chi connectivity index (χ4n) is 12.2. The molecule has 0 N–H and O–H groups in total. The third-order valence-electron chi connectivity index (χ3n) is 15.3. The van der Waals surface area contributed by atoms with Crippen LogP contribution in [0.1, 0.15) is 47.2 Å². The van der Waals surface area contributed by atoms with Gasteiger partial charge in [0.1, 0.15) is 0 Å². The van der Waals surface area contributed by atoms with E-state index in [4.69, 9.17) is 0 Å². The molecule has 13 rings (SSSR count). The highest BCUT2D eigenvalue weighted by molar-refractivity contribution is 5.99. The Bertz CT molecular complexity index is 3680. The quantitative estimate of drug-likeness (QED) is 0.147. The van der Waals surface area contributed by atoms with Crippen LogP contribution in [0.4, 0.5) is 17.1 Å². The molecule has 0 amide bonds. The zero-order valence-corrected chi connectivity index (χ0v) is 39.9. The molecule has 0 fully saturated rings. The summed E-state index contributed by atoms with van der Waals surface area (Å²) < 4.78 is 0. The fourth-order valence-corrected chi connectivity index (χ4v) is 12.2. The molecule has 2 aliphatic rings. The smallest absolute Gasteiger partial charge is 0.0719 e. The van der Waals surface area contributed by atoms with Crippen LogP contribution in [-0.2, 0) is 10.8 Å². The van der Waals surface area contributed by atoms with Crippen LogP contribution < -0.4 is 4.90 Å². The topological polar surface area (TPSA) is 3.24 Å². The average molecular weight is 906 g/mol. The second kappa shape index (κ2) is 17.0. The Balaban J connectivity index is 1.09. The zero-order chi connectivity index (χ0) is 47.5. The Morgan fingerprint density at radius 1 is 0.239 bits per heavy atom. The van der Waals surface area contributed by atoms with Gasteiger partial charge in [0.15, 0.2) is 0 Å². The minimum atomic E-state index is -0.491. The van der Waals surface area contributed by atoms with E-state index >= 15 is 0 Å². The molecule has 1 nitrogen and oxygen atoms in total. The maximum atomic E-state index is 2.52. The van der Waals surface area contributed by atoms with E-state index in [0.29, 0.717) is 0 Å². The molecule has 0 atom stereocenters. The van der Waals surface area contributed by atoms with Crippen molar-refractivity contribution in [3.63, 3.8) is 0 Å². The van der Waals surface area contributed by atoms with Crippen molar-refractivity contribution in [2.24, 2.45) is 0 Å². The summed E-state index contributed by atoms with van der Waals surface area (Å²) in [6, 6.07) is 101. The summed E-state index contributed by atoms with van der Waals surface area (Å²) in [5.41, 5.74) is 25.0. The normalized spacial score (nSPS) is 13.4. The van der Waals surface area contributed by atoms with Crippen molar-refractivity contribution in [1.82, 2.24) is 0 Å². The van der Waals surface area contributed by atoms with Crippen molar-refractivity contribution in [1.29, 1.82) is 0 Å². The van der Waals surface area contributed by atoms with Crippen LogP contribution in [-0.4, -0.2) is 0 Å². The summed E-state index contributed by atoms with van der Waals surface area (Å²) in [6.07, 6.45) is 0. The number of nitrogens with zero attached hydrogens (tertiary/aromatic N) is 1. The van der Waals surface area contributed by atoms with Gasteiger partial charge in [-0.3, -0.25) is 0 Å². The van der Waals surface area contributed by atoms with Crippen LogP contribution in [0.25, 0.3) is 66.8 Å². The van der Waals surface area contributed by atoms with Crippen molar-refractivity contribution in [3.05, 3.63) is 306 Å². The van der Waals surface area contributed by atoms with Gasteiger partial charge in [-0.2, -0.15) is 0 Å². The minimum Gasteiger partial charge on any atom is -0.310 e. The third kappa shape index (κ3) is 6.76. The fraction of sp³-hybridized carbons (Fsp3) is 0.0571. The lowest BCUT2D eigenvalue weighted by Gasteiger charge is -2.46. The predicted octanol–water partition coefficient (Wildman–Crippen LogP) is 18.5. The number of rotatable bonds is 8. The Labute approximate surface area is 417 Å². The summed E-state index contributed by atoms with van der Waals surface area (Å²) in [5.74, 6) is 0. The van der Waals surface area contributed by atoms with E-state index < -0.39 is 5.41 Å². The van der Waals surface area contributed by atoms with Crippen LogP contribution in [0.2, 0.25) is 0 Å². The molecule has 0 bridgehead atoms.